The average Bonchev–Trinajstić information content (AvgIpc) is 3.38. The first-order valence-corrected chi connectivity index (χ1v) is 11.1. The van der Waals surface area contributed by atoms with Crippen LogP contribution in [0.2, 0.25) is 0 Å². The Kier molecular flexibility index (Phi) is 8.24. The second-order valence-corrected chi connectivity index (χ2v) is 7.96. The van der Waals surface area contributed by atoms with Crippen LogP contribution in [0.25, 0.3) is 0 Å². The van der Waals surface area contributed by atoms with Gasteiger partial charge in [-0.25, -0.2) is 4.79 Å². The van der Waals surface area contributed by atoms with Gasteiger partial charge in [-0.15, -0.1) is 5.10 Å². The summed E-state index contributed by atoms with van der Waals surface area (Å²) in [5.41, 5.74) is -1.08. The van der Waals surface area contributed by atoms with Crippen LogP contribution in [-0.2, 0) is 43.8 Å². The van der Waals surface area contributed by atoms with Crippen molar-refractivity contribution in [3.8, 4) is 11.8 Å². The van der Waals surface area contributed by atoms with E-state index in [1.165, 1.54) is 13.8 Å². The summed E-state index contributed by atoms with van der Waals surface area (Å²) in [7, 11) is 1.16. The van der Waals surface area contributed by atoms with E-state index in [0.717, 1.165) is 50.0 Å². The Labute approximate surface area is 201 Å². The minimum atomic E-state index is -1.98. The highest BCUT2D eigenvalue weighted by Gasteiger charge is 2.61. The Morgan fingerprint density at radius 3 is 2.51 bits per heavy atom. The van der Waals surface area contributed by atoms with Gasteiger partial charge in [0.25, 0.3) is 11.5 Å². The number of esters is 4. The summed E-state index contributed by atoms with van der Waals surface area (Å²) in [6, 6.07) is 0. The maximum absolute atomic E-state index is 12.3. The molecule has 0 spiro atoms. The fraction of sp³-hybridized carbons (Fsp3) is 0.565. The number of methoxy groups -OCH3 is 1. The molecule has 0 aromatic carbocycles. The first-order chi connectivity index (χ1) is 16.7. The molecule has 1 aliphatic carbocycles. The lowest BCUT2D eigenvalue weighted by molar-refractivity contribution is -0.213. The molecule has 12 heteroatoms. The van der Waals surface area contributed by atoms with Crippen molar-refractivity contribution < 1.29 is 42.9 Å². The van der Waals surface area contributed by atoms with Gasteiger partial charge in [-0.1, -0.05) is 12.0 Å². The summed E-state index contributed by atoms with van der Waals surface area (Å²) in [6.45, 7) is 2.93. The van der Waals surface area contributed by atoms with Crippen LogP contribution < -0.4 is 0 Å². The first-order valence-electron chi connectivity index (χ1n) is 11.1. The number of carbonyl (C=O) groups excluding carboxylic acids is 4. The van der Waals surface area contributed by atoms with Crippen LogP contribution in [0.3, 0.4) is 0 Å². The zero-order valence-electron chi connectivity index (χ0n) is 20.0. The minimum Gasteiger partial charge on any atom is -0.463 e. The topological polar surface area (TPSA) is 145 Å². The molecular weight excluding hydrogens is 462 g/mol. The molecule has 0 radical (unpaired) electrons. The van der Waals surface area contributed by atoms with Crippen molar-refractivity contribution in [3.63, 3.8) is 0 Å². The molecular formula is C23H27N3O9. The zero-order valence-corrected chi connectivity index (χ0v) is 20.0. The number of hydrogen-bond donors (Lipinski definition) is 0. The van der Waals surface area contributed by atoms with Crippen molar-refractivity contribution in [2.45, 2.75) is 64.4 Å². The van der Waals surface area contributed by atoms with Crippen LogP contribution in [0, 0.1) is 11.8 Å². The average molecular weight is 489 g/mol. The monoisotopic (exact) mass is 489 g/mol. The van der Waals surface area contributed by atoms with Crippen LogP contribution in [0.5, 0.6) is 0 Å². The quantitative estimate of drug-likeness (QED) is 0.321. The normalized spacial score (nSPS) is 23.4. The van der Waals surface area contributed by atoms with E-state index < -0.39 is 41.8 Å². The van der Waals surface area contributed by atoms with E-state index in [-0.39, 0.29) is 24.9 Å². The Balaban J connectivity index is 2.21. The van der Waals surface area contributed by atoms with Crippen molar-refractivity contribution in [2.24, 2.45) is 0 Å². The van der Waals surface area contributed by atoms with E-state index in [1.54, 1.807) is 0 Å². The molecule has 35 heavy (non-hydrogen) atoms. The highest BCUT2D eigenvalue weighted by Crippen LogP contribution is 2.38. The molecule has 2 aliphatic rings. The maximum atomic E-state index is 12.3. The van der Waals surface area contributed by atoms with Gasteiger partial charge in [0.1, 0.15) is 6.61 Å². The highest BCUT2D eigenvalue weighted by molar-refractivity contribution is 5.85. The maximum Gasteiger partial charge on any atom is 0.378 e. The van der Waals surface area contributed by atoms with Crippen molar-refractivity contribution >= 4 is 23.9 Å². The molecule has 0 saturated carbocycles. The predicted octanol–water partition coefficient (Wildman–Crippen LogP) is 1.03. The standard InChI is InChI=1S/C23H27N3O9/c1-14(27)32-12-18-23(35-16(3)29,19(13-33-18)34-15(2)28)26-20(24-21(25-26)22(30)31-4)11-10-17-8-6-5-7-9-17/h8,18-19H,5-7,9,12-13H2,1-4H3/t18-,19+,23+/m1/s1. The van der Waals surface area contributed by atoms with E-state index in [4.69, 9.17) is 23.7 Å². The van der Waals surface area contributed by atoms with Crippen molar-refractivity contribution in [1.82, 2.24) is 14.8 Å². The van der Waals surface area contributed by atoms with Crippen molar-refractivity contribution in [2.75, 3.05) is 20.3 Å². The molecule has 1 aromatic rings. The molecule has 0 unspecified atom stereocenters. The molecule has 1 aromatic heterocycles. The van der Waals surface area contributed by atoms with Crippen molar-refractivity contribution in [1.29, 1.82) is 0 Å². The summed E-state index contributed by atoms with van der Waals surface area (Å²) >= 11 is 0. The number of aromatic nitrogens is 3. The third kappa shape index (κ3) is 5.86. The number of ether oxygens (including phenoxy) is 5. The SMILES string of the molecule is COC(=O)c1nc(C#CC2=CCCCC2)n([C@@]2(OC(C)=O)[C@@H](OC(C)=O)CO[C@@H]2COC(C)=O)n1. The number of nitrogens with zero attached hydrogens (tertiary/aromatic N) is 3. The van der Waals surface area contributed by atoms with Gasteiger partial charge in [-0.05, 0) is 37.2 Å². The molecule has 12 nitrogen and oxygen atoms in total. The van der Waals surface area contributed by atoms with E-state index >= 15 is 0 Å². The van der Waals surface area contributed by atoms with Crippen molar-refractivity contribution in [3.05, 3.63) is 23.3 Å². The fourth-order valence-corrected chi connectivity index (χ4v) is 3.91. The van der Waals surface area contributed by atoms with Crippen LogP contribution in [0.15, 0.2) is 11.6 Å². The summed E-state index contributed by atoms with van der Waals surface area (Å²) in [6.07, 6.45) is 3.38. The number of allylic oxidation sites excluding steroid dienone is 2. The van der Waals surface area contributed by atoms with Crippen LogP contribution in [-0.4, -0.2) is 71.2 Å². The van der Waals surface area contributed by atoms with E-state index in [1.807, 2.05) is 6.08 Å². The van der Waals surface area contributed by atoms with E-state index in [9.17, 15) is 19.2 Å². The molecule has 3 rings (SSSR count). The Bertz CT molecular complexity index is 1100. The fourth-order valence-electron chi connectivity index (χ4n) is 3.91. The molecule has 1 saturated heterocycles. The third-order valence-electron chi connectivity index (χ3n) is 5.36. The van der Waals surface area contributed by atoms with Gasteiger partial charge >= 0.3 is 23.9 Å². The molecule has 2 heterocycles. The summed E-state index contributed by atoms with van der Waals surface area (Å²) in [4.78, 5) is 52.1. The second kappa shape index (κ2) is 11.1. The van der Waals surface area contributed by atoms with Crippen LogP contribution in [0.4, 0.5) is 0 Å². The van der Waals surface area contributed by atoms with Gasteiger partial charge in [0.2, 0.25) is 5.82 Å². The Morgan fingerprint density at radius 2 is 1.91 bits per heavy atom. The minimum absolute atomic E-state index is 0.0615. The highest BCUT2D eigenvalue weighted by atomic mass is 16.7. The molecule has 3 atom stereocenters. The van der Waals surface area contributed by atoms with E-state index in [0.29, 0.717) is 0 Å². The third-order valence-corrected chi connectivity index (χ3v) is 5.36. The molecule has 0 bridgehead atoms. The first kappa shape index (κ1) is 25.9. The Morgan fingerprint density at radius 1 is 1.14 bits per heavy atom. The van der Waals surface area contributed by atoms with Gasteiger partial charge in [0.15, 0.2) is 12.2 Å². The van der Waals surface area contributed by atoms with Gasteiger partial charge in [-0.2, -0.15) is 9.67 Å². The molecule has 0 N–H and O–H groups in total. The number of carbonyl (C=O) groups is 4. The summed E-state index contributed by atoms with van der Waals surface area (Å²) < 4.78 is 27.8. The van der Waals surface area contributed by atoms with Crippen LogP contribution in [0.1, 0.15) is 62.9 Å². The second-order valence-electron chi connectivity index (χ2n) is 7.96. The summed E-state index contributed by atoms with van der Waals surface area (Å²) in [5.74, 6) is 2.56. The summed E-state index contributed by atoms with van der Waals surface area (Å²) in [5, 5.41) is 4.21. The van der Waals surface area contributed by atoms with Gasteiger partial charge < -0.3 is 23.7 Å². The lowest BCUT2D eigenvalue weighted by Gasteiger charge is -2.36. The Hall–Kier alpha value is -3.72. The van der Waals surface area contributed by atoms with E-state index in [2.05, 4.69) is 21.9 Å². The smallest absolute Gasteiger partial charge is 0.378 e. The molecule has 1 aliphatic heterocycles. The van der Waals surface area contributed by atoms with Gasteiger partial charge in [-0.3, -0.25) is 14.4 Å². The van der Waals surface area contributed by atoms with Gasteiger partial charge in [0, 0.05) is 20.8 Å². The molecule has 0 amide bonds. The van der Waals surface area contributed by atoms with Crippen LogP contribution >= 0.6 is 0 Å². The predicted molar refractivity (Wildman–Crippen MR) is 116 cm³/mol. The molecule has 188 valence electrons. The number of rotatable bonds is 6. The lowest BCUT2D eigenvalue weighted by atomic mass is 10.00. The largest absolute Gasteiger partial charge is 0.463 e. The van der Waals surface area contributed by atoms with Gasteiger partial charge in [0.05, 0.1) is 13.7 Å². The molecule has 1 fully saturated rings. The lowest BCUT2D eigenvalue weighted by Crippen LogP contribution is -2.56. The number of hydrogen-bond acceptors (Lipinski definition) is 11. The zero-order chi connectivity index (χ0) is 25.6.